The summed E-state index contributed by atoms with van der Waals surface area (Å²) in [6.45, 7) is 4.08. The Morgan fingerprint density at radius 3 is 2.50 bits per heavy atom. The van der Waals surface area contributed by atoms with Crippen LogP contribution in [0.3, 0.4) is 0 Å². The maximum Gasteiger partial charge on any atom is 0.191 e. The first kappa shape index (κ1) is 22.3. The van der Waals surface area contributed by atoms with Crippen molar-refractivity contribution in [3.63, 3.8) is 0 Å². The maximum atomic E-state index is 10.1. The highest BCUT2D eigenvalue weighted by atomic mass is 127. The number of phenolic OH excluding ortho intramolecular Hbond substituents is 1. The molecule has 0 saturated heterocycles. The average molecular weight is 495 g/mol. The molecule has 0 bridgehead atoms. The molecule has 6 heteroatoms. The third-order valence-corrected chi connectivity index (χ3v) is 5.33. The molecule has 0 aromatic heterocycles. The third-order valence-electron chi connectivity index (χ3n) is 5.33. The second-order valence-electron chi connectivity index (χ2n) is 7.04. The van der Waals surface area contributed by atoms with Gasteiger partial charge in [0, 0.05) is 24.1 Å². The summed E-state index contributed by atoms with van der Waals surface area (Å²) in [6, 6.07) is 15.9. The number of aromatic hydroxyl groups is 1. The topological polar surface area (TPSA) is 65.9 Å². The lowest BCUT2D eigenvalue weighted by molar-refractivity contribution is 0.244. The molecule has 1 aliphatic carbocycles. The van der Waals surface area contributed by atoms with E-state index in [1.54, 1.807) is 19.2 Å². The molecule has 0 unspecified atom stereocenters. The Bertz CT molecular complexity index is 777. The SMILES string of the molecule is CCNC(=NCc1cc(OC)ccc1O)NCC1(c2ccccc2)CCC1.I. The molecule has 1 fully saturated rings. The predicted octanol–water partition coefficient (Wildman–Crippen LogP) is 4.20. The lowest BCUT2D eigenvalue weighted by Gasteiger charge is -2.43. The lowest BCUT2D eigenvalue weighted by atomic mass is 9.64. The van der Waals surface area contributed by atoms with Crippen molar-refractivity contribution in [1.29, 1.82) is 0 Å². The number of phenols is 1. The van der Waals surface area contributed by atoms with Gasteiger partial charge in [0.15, 0.2) is 5.96 Å². The van der Waals surface area contributed by atoms with Crippen LogP contribution in [0.25, 0.3) is 0 Å². The fourth-order valence-electron chi connectivity index (χ4n) is 3.54. The number of halogens is 1. The first-order valence-corrected chi connectivity index (χ1v) is 9.60. The van der Waals surface area contributed by atoms with E-state index in [9.17, 15) is 5.11 Å². The molecule has 2 aromatic carbocycles. The number of aliphatic imine (C=N–C) groups is 1. The van der Waals surface area contributed by atoms with Crippen LogP contribution in [0.5, 0.6) is 11.5 Å². The van der Waals surface area contributed by atoms with E-state index in [4.69, 9.17) is 4.74 Å². The predicted molar refractivity (Wildman–Crippen MR) is 125 cm³/mol. The molecule has 152 valence electrons. The van der Waals surface area contributed by atoms with Crippen LogP contribution in [0, 0.1) is 0 Å². The highest BCUT2D eigenvalue weighted by molar-refractivity contribution is 14.0. The molecule has 3 N–H and O–H groups in total. The highest BCUT2D eigenvalue weighted by Gasteiger charge is 2.38. The Morgan fingerprint density at radius 1 is 1.14 bits per heavy atom. The van der Waals surface area contributed by atoms with Gasteiger partial charge in [0.25, 0.3) is 0 Å². The van der Waals surface area contributed by atoms with Crippen LogP contribution in [0.1, 0.15) is 37.3 Å². The minimum atomic E-state index is 0. The van der Waals surface area contributed by atoms with E-state index in [0.717, 1.165) is 24.6 Å². The van der Waals surface area contributed by atoms with Gasteiger partial charge in [-0.25, -0.2) is 4.99 Å². The van der Waals surface area contributed by atoms with Crippen molar-refractivity contribution in [3.05, 3.63) is 59.7 Å². The van der Waals surface area contributed by atoms with Crippen LogP contribution in [-0.4, -0.2) is 31.3 Å². The normalized spacial score (nSPS) is 15.1. The zero-order valence-electron chi connectivity index (χ0n) is 16.6. The first-order chi connectivity index (χ1) is 13.2. The van der Waals surface area contributed by atoms with Crippen molar-refractivity contribution in [3.8, 4) is 11.5 Å². The van der Waals surface area contributed by atoms with Crippen LogP contribution < -0.4 is 15.4 Å². The summed E-state index contributed by atoms with van der Waals surface area (Å²) in [4.78, 5) is 4.65. The number of guanidine groups is 1. The minimum absolute atomic E-state index is 0. The van der Waals surface area contributed by atoms with Crippen LogP contribution in [-0.2, 0) is 12.0 Å². The summed E-state index contributed by atoms with van der Waals surface area (Å²) >= 11 is 0. The van der Waals surface area contributed by atoms with Crippen molar-refractivity contribution in [1.82, 2.24) is 10.6 Å². The van der Waals surface area contributed by atoms with E-state index in [1.165, 1.54) is 24.8 Å². The smallest absolute Gasteiger partial charge is 0.191 e. The van der Waals surface area contributed by atoms with Gasteiger partial charge in [-0.05, 0) is 43.5 Å². The van der Waals surface area contributed by atoms with Crippen molar-refractivity contribution in [2.24, 2.45) is 4.99 Å². The molecule has 5 nitrogen and oxygen atoms in total. The van der Waals surface area contributed by atoms with Gasteiger partial charge < -0.3 is 20.5 Å². The van der Waals surface area contributed by atoms with Crippen LogP contribution in [0.2, 0.25) is 0 Å². The van der Waals surface area contributed by atoms with Crippen LogP contribution in [0.15, 0.2) is 53.5 Å². The Balaban J connectivity index is 0.00000280. The molecule has 0 radical (unpaired) electrons. The molecule has 0 heterocycles. The standard InChI is InChI=1S/C22H29N3O2.HI/c1-3-23-21(24-15-17-14-19(27-2)10-11-20(17)26)25-16-22(12-7-13-22)18-8-5-4-6-9-18;/h4-6,8-11,14,26H,3,7,12-13,15-16H2,1-2H3,(H2,23,24,25);1H. The maximum absolute atomic E-state index is 10.1. The van der Waals surface area contributed by atoms with Crippen molar-refractivity contribution in [2.75, 3.05) is 20.2 Å². The summed E-state index contributed by atoms with van der Waals surface area (Å²) in [7, 11) is 1.62. The monoisotopic (exact) mass is 495 g/mol. The quantitative estimate of drug-likeness (QED) is 0.306. The number of hydrogen-bond donors (Lipinski definition) is 3. The molecule has 0 amide bonds. The average Bonchev–Trinajstić information content (AvgIpc) is 2.67. The van der Waals surface area contributed by atoms with Crippen molar-refractivity contribution < 1.29 is 9.84 Å². The molecule has 0 atom stereocenters. The summed E-state index contributed by atoms with van der Waals surface area (Å²) in [5, 5.41) is 16.9. The summed E-state index contributed by atoms with van der Waals surface area (Å²) in [6.07, 6.45) is 3.65. The summed E-state index contributed by atoms with van der Waals surface area (Å²) in [5.74, 6) is 1.71. The molecule has 1 saturated carbocycles. The van der Waals surface area contributed by atoms with E-state index in [2.05, 4.69) is 52.9 Å². The molecule has 2 aromatic rings. The van der Waals surface area contributed by atoms with Gasteiger partial charge in [-0.15, -0.1) is 24.0 Å². The molecular weight excluding hydrogens is 465 g/mol. The lowest BCUT2D eigenvalue weighted by Crippen LogP contribution is -2.48. The first-order valence-electron chi connectivity index (χ1n) is 9.60. The molecule has 3 rings (SSSR count). The molecule has 28 heavy (non-hydrogen) atoms. The number of nitrogens with one attached hydrogen (secondary N) is 2. The van der Waals surface area contributed by atoms with Crippen molar-refractivity contribution in [2.45, 2.75) is 38.1 Å². The molecular formula is C22H30IN3O2. The summed E-state index contributed by atoms with van der Waals surface area (Å²) < 4.78 is 5.24. The largest absolute Gasteiger partial charge is 0.508 e. The molecule has 0 aliphatic heterocycles. The fourth-order valence-corrected chi connectivity index (χ4v) is 3.54. The van der Waals surface area contributed by atoms with Crippen LogP contribution in [0.4, 0.5) is 0 Å². The fraction of sp³-hybridized carbons (Fsp3) is 0.409. The zero-order chi connectivity index (χ0) is 19.1. The number of nitrogens with zero attached hydrogens (tertiary/aromatic N) is 1. The molecule has 0 spiro atoms. The van der Waals surface area contributed by atoms with Gasteiger partial charge in [-0.1, -0.05) is 36.8 Å². The number of ether oxygens (including phenoxy) is 1. The number of hydrogen-bond acceptors (Lipinski definition) is 3. The Morgan fingerprint density at radius 2 is 1.89 bits per heavy atom. The van der Waals surface area contributed by atoms with E-state index in [-0.39, 0.29) is 35.1 Å². The van der Waals surface area contributed by atoms with E-state index in [1.807, 2.05) is 6.07 Å². The Labute approximate surface area is 184 Å². The molecule has 1 aliphatic rings. The van der Waals surface area contributed by atoms with Gasteiger partial charge >= 0.3 is 0 Å². The third kappa shape index (κ3) is 5.31. The van der Waals surface area contributed by atoms with Crippen LogP contribution >= 0.6 is 24.0 Å². The highest BCUT2D eigenvalue weighted by Crippen LogP contribution is 2.43. The zero-order valence-corrected chi connectivity index (χ0v) is 18.9. The minimum Gasteiger partial charge on any atom is -0.508 e. The number of benzene rings is 2. The van der Waals surface area contributed by atoms with Gasteiger partial charge in [0.05, 0.1) is 13.7 Å². The number of methoxy groups -OCH3 is 1. The van der Waals surface area contributed by atoms with E-state index >= 15 is 0 Å². The van der Waals surface area contributed by atoms with Gasteiger partial charge in [-0.3, -0.25) is 0 Å². The van der Waals surface area contributed by atoms with Gasteiger partial charge in [0.1, 0.15) is 11.5 Å². The second kappa shape index (κ2) is 10.5. The Hall–Kier alpha value is -1.96. The van der Waals surface area contributed by atoms with Gasteiger partial charge in [-0.2, -0.15) is 0 Å². The van der Waals surface area contributed by atoms with Gasteiger partial charge in [0.2, 0.25) is 0 Å². The number of rotatable bonds is 7. The Kier molecular flexibility index (Phi) is 8.41. The van der Waals surface area contributed by atoms with Crippen molar-refractivity contribution >= 4 is 29.9 Å². The van der Waals surface area contributed by atoms with E-state index < -0.39 is 0 Å². The van der Waals surface area contributed by atoms with E-state index in [0.29, 0.717) is 12.3 Å². The second-order valence-corrected chi connectivity index (χ2v) is 7.04. The summed E-state index contributed by atoms with van der Waals surface area (Å²) in [5.41, 5.74) is 2.33.